The molecule has 1 amide bonds. The van der Waals surface area contributed by atoms with E-state index in [1.165, 1.54) is 19.2 Å². The molecule has 0 aliphatic carbocycles. The maximum absolute atomic E-state index is 13.5. The molecule has 2 saturated heterocycles. The third-order valence-electron chi connectivity index (χ3n) is 8.77. The Morgan fingerprint density at radius 1 is 1.02 bits per heavy atom. The molecule has 3 aliphatic rings. The highest BCUT2D eigenvalue weighted by atomic mass is 19.4. The summed E-state index contributed by atoms with van der Waals surface area (Å²) in [5, 5.41) is 6.26. The highest BCUT2D eigenvalue weighted by molar-refractivity contribution is 5.98. The van der Waals surface area contributed by atoms with Gasteiger partial charge in [0.25, 0.3) is 5.91 Å². The van der Waals surface area contributed by atoms with Gasteiger partial charge in [0, 0.05) is 53.9 Å². The number of anilines is 2. The number of carbonyl (C=O) groups is 1. The summed E-state index contributed by atoms with van der Waals surface area (Å²) in [6, 6.07) is 5.29. The van der Waals surface area contributed by atoms with Crippen molar-refractivity contribution in [2.45, 2.75) is 52.8 Å². The Morgan fingerprint density at radius 2 is 1.81 bits per heavy atom. The molecule has 48 heavy (non-hydrogen) atoms. The van der Waals surface area contributed by atoms with Crippen LogP contribution < -0.4 is 10.6 Å². The van der Waals surface area contributed by atoms with E-state index >= 15 is 0 Å². The number of nitrogens with zero attached hydrogens (tertiary/aromatic N) is 7. The van der Waals surface area contributed by atoms with Gasteiger partial charge >= 0.3 is 6.18 Å². The number of aromatic nitrogens is 2. The van der Waals surface area contributed by atoms with Crippen molar-refractivity contribution in [3.63, 3.8) is 0 Å². The van der Waals surface area contributed by atoms with Crippen LogP contribution in [-0.4, -0.2) is 101 Å². The van der Waals surface area contributed by atoms with E-state index in [1.807, 2.05) is 17.9 Å². The van der Waals surface area contributed by atoms with Crippen molar-refractivity contribution in [1.29, 1.82) is 0 Å². The summed E-state index contributed by atoms with van der Waals surface area (Å²) >= 11 is 0. The van der Waals surface area contributed by atoms with E-state index in [1.54, 1.807) is 37.4 Å². The van der Waals surface area contributed by atoms with Crippen LogP contribution in [0, 0.1) is 6.92 Å². The van der Waals surface area contributed by atoms with Gasteiger partial charge < -0.3 is 20.4 Å². The molecular formula is C35H44F3N9O. The zero-order chi connectivity index (χ0) is 34.1. The number of nitrogens with one attached hydrogen (secondary N) is 2. The molecule has 4 heterocycles. The van der Waals surface area contributed by atoms with Gasteiger partial charge in [-0.25, -0.2) is 15.0 Å². The summed E-state index contributed by atoms with van der Waals surface area (Å²) in [6.45, 7) is 12.6. The fourth-order valence-corrected chi connectivity index (χ4v) is 5.93. The normalized spacial score (nSPS) is 18.5. The number of fused-ring (bicyclic) bond motifs is 1. The van der Waals surface area contributed by atoms with Crippen molar-refractivity contribution in [2.75, 3.05) is 57.7 Å². The van der Waals surface area contributed by atoms with Crippen LogP contribution in [0.15, 0.2) is 70.2 Å². The lowest BCUT2D eigenvalue weighted by Crippen LogP contribution is -2.30. The molecule has 256 valence electrons. The van der Waals surface area contributed by atoms with E-state index < -0.39 is 6.18 Å². The van der Waals surface area contributed by atoms with Crippen LogP contribution in [0.2, 0.25) is 0 Å². The number of hydrogen-bond acceptors (Lipinski definition) is 9. The van der Waals surface area contributed by atoms with Crippen LogP contribution >= 0.6 is 0 Å². The Kier molecular flexibility index (Phi) is 11.8. The van der Waals surface area contributed by atoms with E-state index in [2.05, 4.69) is 42.3 Å². The second-order valence-corrected chi connectivity index (χ2v) is 12.1. The number of allylic oxidation sites excluding steroid dienone is 4. The fourth-order valence-electron chi connectivity index (χ4n) is 5.93. The van der Waals surface area contributed by atoms with E-state index in [4.69, 9.17) is 4.99 Å². The average molecular weight is 664 g/mol. The minimum atomic E-state index is -4.46. The summed E-state index contributed by atoms with van der Waals surface area (Å²) < 4.78 is 39.6. The van der Waals surface area contributed by atoms with Gasteiger partial charge in [0.15, 0.2) is 0 Å². The Morgan fingerprint density at radius 3 is 2.56 bits per heavy atom. The molecule has 3 aliphatic heterocycles. The number of amides is 1. The number of benzene rings is 1. The van der Waals surface area contributed by atoms with Crippen LogP contribution in [0.25, 0.3) is 0 Å². The molecule has 10 nitrogen and oxygen atoms in total. The fraction of sp³-hybridized carbons (Fsp3) is 0.457. The van der Waals surface area contributed by atoms with Crippen LogP contribution in [0.5, 0.6) is 0 Å². The number of halogens is 3. The molecule has 0 saturated carbocycles. The first kappa shape index (κ1) is 35.0. The first-order valence-corrected chi connectivity index (χ1v) is 16.6. The van der Waals surface area contributed by atoms with Gasteiger partial charge in [0.05, 0.1) is 25.0 Å². The molecule has 0 spiro atoms. The van der Waals surface area contributed by atoms with Crippen LogP contribution in [0.3, 0.4) is 0 Å². The molecule has 0 bridgehead atoms. The van der Waals surface area contributed by atoms with Crippen LogP contribution in [-0.2, 0) is 6.54 Å². The van der Waals surface area contributed by atoms with Gasteiger partial charge in [-0.15, -0.1) is 0 Å². The highest BCUT2D eigenvalue weighted by Crippen LogP contribution is 2.26. The minimum Gasteiger partial charge on any atom is -0.370 e. The van der Waals surface area contributed by atoms with E-state index in [0.29, 0.717) is 60.3 Å². The number of carbonyl (C=O) groups excluding carboxylic acids is 1. The molecule has 2 fully saturated rings. The smallest absolute Gasteiger partial charge is 0.370 e. The van der Waals surface area contributed by atoms with Gasteiger partial charge in [0.1, 0.15) is 18.0 Å². The number of likely N-dealkylation sites (N-methyl/N-ethyl adjacent to an activating group) is 1. The van der Waals surface area contributed by atoms with Gasteiger partial charge in [-0.05, 0) is 89.1 Å². The number of rotatable bonds is 10. The highest BCUT2D eigenvalue weighted by Gasteiger charge is 2.24. The zero-order valence-electron chi connectivity index (χ0n) is 27.9. The summed E-state index contributed by atoms with van der Waals surface area (Å²) in [5.41, 5.74) is 4.24. The molecule has 1 aromatic heterocycles. The summed E-state index contributed by atoms with van der Waals surface area (Å²) in [5.74, 6) is 0.954. The number of amidine groups is 1. The Balaban J connectivity index is 1.32. The van der Waals surface area contributed by atoms with E-state index in [0.717, 1.165) is 62.2 Å². The Hall–Kier alpha value is -4.36. The lowest BCUT2D eigenvalue weighted by Gasteiger charge is -2.25. The standard InChI is InChI=1S/C35H44F3N9O/c1-4-27(20-28(11-12-35(36,37)38)47-16-8-15-45(5-2)17-18-47)43-34(48)26-10-9-25(3)30(19-26)44-33-29-21-39-32(23-46-13-6-7-14-46)40-22-31(29)41-24-42-33/h4,9-12,19-20,22,24H,5-8,13-18,21,23H2,1-3H3,(H,43,48)(H,41,42,44)/b12-11+,27-4+,28-20+. The van der Waals surface area contributed by atoms with Crippen molar-refractivity contribution < 1.29 is 18.0 Å². The lowest BCUT2D eigenvalue weighted by molar-refractivity contribution is -0.0799. The molecule has 0 radical (unpaired) electrons. The van der Waals surface area contributed by atoms with Gasteiger partial charge in [0.2, 0.25) is 0 Å². The molecule has 2 N–H and O–H groups in total. The predicted molar refractivity (Wildman–Crippen MR) is 184 cm³/mol. The maximum atomic E-state index is 13.5. The second-order valence-electron chi connectivity index (χ2n) is 12.1. The third kappa shape index (κ3) is 9.60. The summed E-state index contributed by atoms with van der Waals surface area (Å²) in [4.78, 5) is 38.3. The van der Waals surface area contributed by atoms with E-state index in [-0.39, 0.29) is 12.0 Å². The molecule has 13 heteroatoms. The average Bonchev–Trinajstić information content (AvgIpc) is 3.34. The van der Waals surface area contributed by atoms with Crippen molar-refractivity contribution in [3.8, 4) is 0 Å². The van der Waals surface area contributed by atoms with Crippen molar-refractivity contribution in [3.05, 3.63) is 82.6 Å². The minimum absolute atomic E-state index is 0.244. The van der Waals surface area contributed by atoms with Crippen LogP contribution in [0.1, 0.15) is 60.3 Å². The van der Waals surface area contributed by atoms with Gasteiger partial charge in [-0.1, -0.05) is 19.1 Å². The maximum Gasteiger partial charge on any atom is 0.409 e. The SMILES string of the molecule is C\C=C(/C=C(\C=C\C(F)(F)F)N1CCCN(CC)CC1)NC(=O)c1ccc(C)c(Nc2ncnc3c2CN=C(CN2CCCC2)N=C3)c1. The van der Waals surface area contributed by atoms with Crippen LogP contribution in [0.4, 0.5) is 24.7 Å². The number of alkyl halides is 3. The first-order chi connectivity index (χ1) is 23.1. The van der Waals surface area contributed by atoms with Gasteiger partial charge in [-0.3, -0.25) is 14.7 Å². The molecular weight excluding hydrogens is 619 g/mol. The molecule has 0 atom stereocenters. The molecule has 0 unspecified atom stereocenters. The lowest BCUT2D eigenvalue weighted by atomic mass is 10.1. The van der Waals surface area contributed by atoms with Crippen molar-refractivity contribution in [1.82, 2.24) is 30.0 Å². The second kappa shape index (κ2) is 16.2. The van der Waals surface area contributed by atoms with Crippen molar-refractivity contribution in [2.24, 2.45) is 9.98 Å². The molecule has 1 aromatic carbocycles. The quantitative estimate of drug-likeness (QED) is 0.319. The molecule has 5 rings (SSSR count). The molecule has 2 aromatic rings. The zero-order valence-corrected chi connectivity index (χ0v) is 27.9. The number of aryl methyl sites for hydroxylation is 1. The Labute approximate surface area is 280 Å². The number of aliphatic imine (C=N–C) groups is 2. The third-order valence-corrected chi connectivity index (χ3v) is 8.77. The van der Waals surface area contributed by atoms with Gasteiger partial charge in [-0.2, -0.15) is 13.2 Å². The predicted octanol–water partition coefficient (Wildman–Crippen LogP) is 5.62. The van der Waals surface area contributed by atoms with E-state index in [9.17, 15) is 18.0 Å². The largest absolute Gasteiger partial charge is 0.409 e. The summed E-state index contributed by atoms with van der Waals surface area (Å²) in [6.07, 6.45) is 6.57. The summed E-state index contributed by atoms with van der Waals surface area (Å²) in [7, 11) is 0. The monoisotopic (exact) mass is 663 g/mol. The number of likely N-dealkylation sites (tertiary alicyclic amines) is 1. The topological polar surface area (TPSA) is 101 Å². The Bertz CT molecular complexity index is 1610. The van der Waals surface area contributed by atoms with Crippen molar-refractivity contribution >= 4 is 29.5 Å². The first-order valence-electron chi connectivity index (χ1n) is 16.6. The number of hydrogen-bond donors (Lipinski definition) is 2.